The molecule has 6 heteroatoms. The van der Waals surface area contributed by atoms with Crippen molar-refractivity contribution in [2.75, 3.05) is 0 Å². The standard InChI is InChI=1S/C59H40F3N3/c1-36-10-8-12-40(26-36)42-19-23-56-50(32-42)47-14-4-6-16-53(47)64(56)55-22-18-39(35-63)30-49(55)52-34-44(45-28-38(3)29-46(31-45)59(60,61)62)21-25-58(52)65-54-17-7-5-15-48(54)51-33-43(20-24-57(51)65)41-13-9-11-37(2)27-41/h4-34H,1-3H3. The van der Waals surface area contributed by atoms with Crippen molar-refractivity contribution < 1.29 is 13.2 Å². The summed E-state index contributed by atoms with van der Waals surface area (Å²) in [6, 6.07) is 65.1. The number of para-hydroxylation sites is 2. The van der Waals surface area contributed by atoms with Gasteiger partial charge in [0.25, 0.3) is 0 Å². The third kappa shape index (κ3) is 6.85. The Morgan fingerprint density at radius 3 is 1.38 bits per heavy atom. The zero-order valence-corrected chi connectivity index (χ0v) is 35.9. The number of hydrogen-bond acceptors (Lipinski definition) is 1. The molecule has 0 aliphatic carbocycles. The minimum absolute atomic E-state index is 0.452. The van der Waals surface area contributed by atoms with Crippen LogP contribution < -0.4 is 0 Å². The molecule has 9 aromatic carbocycles. The molecule has 2 heterocycles. The van der Waals surface area contributed by atoms with Gasteiger partial charge in [-0.05, 0) is 139 Å². The van der Waals surface area contributed by atoms with Gasteiger partial charge in [0, 0.05) is 32.7 Å². The molecule has 0 fully saturated rings. The number of nitriles is 1. The van der Waals surface area contributed by atoms with Crippen molar-refractivity contribution in [2.24, 2.45) is 0 Å². The maximum atomic E-state index is 14.4. The van der Waals surface area contributed by atoms with E-state index in [1.807, 2.05) is 54.6 Å². The van der Waals surface area contributed by atoms with Crippen LogP contribution in [0.5, 0.6) is 0 Å². The van der Waals surface area contributed by atoms with Gasteiger partial charge in [0.05, 0.1) is 50.6 Å². The Balaban J connectivity index is 1.22. The second kappa shape index (κ2) is 15.3. The van der Waals surface area contributed by atoms with Crippen LogP contribution in [0.3, 0.4) is 0 Å². The van der Waals surface area contributed by atoms with Crippen LogP contribution in [0.1, 0.15) is 27.8 Å². The number of nitrogens with zero attached hydrogens (tertiary/aromatic N) is 3. The smallest absolute Gasteiger partial charge is 0.309 e. The molecule has 0 radical (unpaired) electrons. The van der Waals surface area contributed by atoms with E-state index in [0.717, 1.165) is 88.4 Å². The van der Waals surface area contributed by atoms with Gasteiger partial charge >= 0.3 is 6.18 Å². The molecule has 2 aromatic heterocycles. The third-order valence-electron chi connectivity index (χ3n) is 12.7. The Kier molecular flexibility index (Phi) is 9.34. The van der Waals surface area contributed by atoms with Gasteiger partial charge in [0.15, 0.2) is 0 Å². The van der Waals surface area contributed by atoms with Gasteiger partial charge in [-0.3, -0.25) is 0 Å². The first-order valence-corrected chi connectivity index (χ1v) is 21.6. The number of alkyl halides is 3. The quantitative estimate of drug-likeness (QED) is 0.164. The predicted octanol–water partition coefficient (Wildman–Crippen LogP) is 16.4. The highest BCUT2D eigenvalue weighted by atomic mass is 19.4. The zero-order valence-electron chi connectivity index (χ0n) is 35.9. The lowest BCUT2D eigenvalue weighted by atomic mass is 9.93. The van der Waals surface area contributed by atoms with E-state index in [9.17, 15) is 18.4 Å². The van der Waals surface area contributed by atoms with Crippen molar-refractivity contribution in [3.63, 3.8) is 0 Å². The summed E-state index contributed by atoms with van der Waals surface area (Å²) in [5.41, 5.74) is 15.3. The highest BCUT2D eigenvalue weighted by Crippen LogP contribution is 2.44. The lowest BCUT2D eigenvalue weighted by Gasteiger charge is -2.20. The second-order valence-corrected chi connectivity index (χ2v) is 17.1. The molecule has 3 nitrogen and oxygen atoms in total. The van der Waals surface area contributed by atoms with Crippen LogP contribution in [-0.4, -0.2) is 9.13 Å². The molecule has 0 saturated carbocycles. The molecular formula is C59H40F3N3. The summed E-state index contributed by atoms with van der Waals surface area (Å²) in [4.78, 5) is 0. The SMILES string of the molecule is Cc1cccc(-c2ccc3c(c2)c2ccccc2n3-c2ccc(C#N)cc2-c2cc(-c3cc(C)cc(C(F)(F)F)c3)ccc2-n2c3ccccc3c3cc(-c4cccc(C)c4)ccc32)c1. The minimum atomic E-state index is -4.52. The first kappa shape index (κ1) is 39.7. The Labute approximate surface area is 374 Å². The van der Waals surface area contributed by atoms with Gasteiger partial charge in [-0.25, -0.2) is 0 Å². The van der Waals surface area contributed by atoms with Gasteiger partial charge in [0.2, 0.25) is 0 Å². The summed E-state index contributed by atoms with van der Waals surface area (Å²) in [6.07, 6.45) is -4.52. The molecule has 0 unspecified atom stereocenters. The van der Waals surface area contributed by atoms with E-state index in [1.165, 1.54) is 23.3 Å². The molecule has 0 spiro atoms. The summed E-state index contributed by atoms with van der Waals surface area (Å²) in [6.45, 7) is 5.88. The number of hydrogen-bond donors (Lipinski definition) is 0. The van der Waals surface area contributed by atoms with Crippen LogP contribution in [0.15, 0.2) is 188 Å². The van der Waals surface area contributed by atoms with E-state index in [2.05, 4.69) is 144 Å². The van der Waals surface area contributed by atoms with Crippen LogP contribution in [0.2, 0.25) is 0 Å². The fraction of sp³-hybridized carbons (Fsp3) is 0.0678. The van der Waals surface area contributed by atoms with Crippen LogP contribution >= 0.6 is 0 Å². The monoisotopic (exact) mass is 847 g/mol. The van der Waals surface area contributed by atoms with Gasteiger partial charge in [-0.2, -0.15) is 18.4 Å². The Bertz CT molecular complexity index is 3760. The van der Waals surface area contributed by atoms with Crippen LogP contribution in [-0.2, 0) is 6.18 Å². The largest absolute Gasteiger partial charge is 0.416 e. The van der Waals surface area contributed by atoms with Gasteiger partial charge in [-0.1, -0.05) is 120 Å². The van der Waals surface area contributed by atoms with E-state index in [-0.39, 0.29) is 0 Å². The Morgan fingerprint density at radius 2 is 0.846 bits per heavy atom. The molecule has 0 amide bonds. The highest BCUT2D eigenvalue weighted by Gasteiger charge is 2.31. The molecule has 0 N–H and O–H groups in total. The van der Waals surface area contributed by atoms with Crippen molar-refractivity contribution in [1.82, 2.24) is 9.13 Å². The Hall–Kier alpha value is -8.14. The average Bonchev–Trinajstić information content (AvgIpc) is 3.82. The number of fused-ring (bicyclic) bond motifs is 6. The summed E-state index contributed by atoms with van der Waals surface area (Å²) < 4.78 is 47.6. The lowest BCUT2D eigenvalue weighted by molar-refractivity contribution is -0.137. The number of aryl methyl sites for hydroxylation is 3. The van der Waals surface area contributed by atoms with E-state index in [0.29, 0.717) is 22.3 Å². The van der Waals surface area contributed by atoms with Gasteiger partial charge in [-0.15, -0.1) is 0 Å². The van der Waals surface area contributed by atoms with Crippen molar-refractivity contribution >= 4 is 43.6 Å². The van der Waals surface area contributed by atoms with Crippen LogP contribution in [0.4, 0.5) is 13.2 Å². The summed E-state index contributed by atoms with van der Waals surface area (Å²) in [5, 5.41) is 14.8. The van der Waals surface area contributed by atoms with E-state index < -0.39 is 11.7 Å². The molecular weight excluding hydrogens is 808 g/mol. The van der Waals surface area contributed by atoms with Crippen LogP contribution in [0.25, 0.3) is 99.5 Å². The second-order valence-electron chi connectivity index (χ2n) is 17.1. The number of halogens is 3. The average molecular weight is 848 g/mol. The molecule has 0 aliphatic rings. The minimum Gasteiger partial charge on any atom is -0.309 e. The number of aromatic nitrogens is 2. The molecule has 65 heavy (non-hydrogen) atoms. The van der Waals surface area contributed by atoms with Crippen molar-refractivity contribution in [2.45, 2.75) is 26.9 Å². The maximum absolute atomic E-state index is 14.4. The van der Waals surface area contributed by atoms with Gasteiger partial charge < -0.3 is 9.13 Å². The third-order valence-corrected chi connectivity index (χ3v) is 12.7. The van der Waals surface area contributed by atoms with E-state index >= 15 is 0 Å². The topological polar surface area (TPSA) is 33.6 Å². The fourth-order valence-corrected chi connectivity index (χ4v) is 9.73. The van der Waals surface area contributed by atoms with Crippen molar-refractivity contribution in [3.8, 4) is 62.0 Å². The molecule has 11 aromatic rings. The van der Waals surface area contributed by atoms with Crippen molar-refractivity contribution in [3.05, 3.63) is 216 Å². The molecule has 11 rings (SSSR count). The Morgan fingerprint density at radius 1 is 0.385 bits per heavy atom. The molecule has 0 bridgehead atoms. The molecule has 0 aliphatic heterocycles. The van der Waals surface area contributed by atoms with E-state index in [4.69, 9.17) is 0 Å². The molecule has 312 valence electrons. The highest BCUT2D eigenvalue weighted by molar-refractivity contribution is 6.13. The maximum Gasteiger partial charge on any atom is 0.416 e. The van der Waals surface area contributed by atoms with Gasteiger partial charge in [0.1, 0.15) is 0 Å². The summed E-state index contributed by atoms with van der Waals surface area (Å²) in [5.74, 6) is 0. The molecule has 0 saturated heterocycles. The fourth-order valence-electron chi connectivity index (χ4n) is 9.73. The first-order chi connectivity index (χ1) is 31.5. The first-order valence-electron chi connectivity index (χ1n) is 21.6. The van der Waals surface area contributed by atoms with Crippen LogP contribution in [0, 0.1) is 32.1 Å². The zero-order chi connectivity index (χ0) is 44.6. The summed E-state index contributed by atoms with van der Waals surface area (Å²) >= 11 is 0. The summed E-state index contributed by atoms with van der Waals surface area (Å²) in [7, 11) is 0. The van der Waals surface area contributed by atoms with Crippen molar-refractivity contribution in [1.29, 1.82) is 5.26 Å². The normalized spacial score (nSPS) is 11.8. The predicted molar refractivity (Wildman–Crippen MR) is 261 cm³/mol. The number of rotatable bonds is 6. The number of benzene rings is 9. The van der Waals surface area contributed by atoms with E-state index in [1.54, 1.807) is 13.0 Å². The molecule has 0 atom stereocenters. The lowest BCUT2D eigenvalue weighted by Crippen LogP contribution is -2.05.